The molecule has 0 aliphatic heterocycles. The first-order chi connectivity index (χ1) is 9.95. The van der Waals surface area contributed by atoms with Gasteiger partial charge in [0.05, 0.1) is 6.04 Å². The summed E-state index contributed by atoms with van der Waals surface area (Å²) < 4.78 is 13.0. The first-order valence-electron chi connectivity index (χ1n) is 7.74. The van der Waals surface area contributed by atoms with E-state index in [0.717, 1.165) is 12.1 Å². The molecule has 1 aromatic rings. The average molecular weight is 329 g/mol. The van der Waals surface area contributed by atoms with Crippen LogP contribution in [0.1, 0.15) is 38.7 Å². The van der Waals surface area contributed by atoms with E-state index in [0.29, 0.717) is 24.8 Å². The summed E-state index contributed by atoms with van der Waals surface area (Å²) in [4.78, 5) is 14.4. The monoisotopic (exact) mass is 328 g/mol. The molecule has 1 aromatic carbocycles. The lowest BCUT2D eigenvalue weighted by molar-refractivity contribution is -0.133. The van der Waals surface area contributed by atoms with Crippen molar-refractivity contribution in [1.29, 1.82) is 0 Å². The SMILES string of the molecule is CC(C)C[C@H](N)C(=O)N(Cc1ccc(F)cc1)CC1CC1.Cl. The summed E-state index contributed by atoms with van der Waals surface area (Å²) in [6.45, 7) is 5.42. The zero-order valence-corrected chi connectivity index (χ0v) is 14.1. The lowest BCUT2D eigenvalue weighted by Crippen LogP contribution is -2.44. The van der Waals surface area contributed by atoms with Crippen molar-refractivity contribution in [2.24, 2.45) is 17.6 Å². The molecule has 5 heteroatoms. The van der Waals surface area contributed by atoms with Gasteiger partial charge in [-0.2, -0.15) is 0 Å². The van der Waals surface area contributed by atoms with Crippen LogP contribution in [0.4, 0.5) is 4.39 Å². The molecular formula is C17H26ClFN2O. The van der Waals surface area contributed by atoms with Gasteiger partial charge < -0.3 is 10.6 Å². The van der Waals surface area contributed by atoms with E-state index >= 15 is 0 Å². The fraction of sp³-hybridized carbons (Fsp3) is 0.588. The summed E-state index contributed by atoms with van der Waals surface area (Å²) in [7, 11) is 0. The van der Waals surface area contributed by atoms with Crippen molar-refractivity contribution in [2.45, 2.75) is 45.7 Å². The summed E-state index contributed by atoms with van der Waals surface area (Å²) in [5.41, 5.74) is 6.99. The third-order valence-corrected chi connectivity index (χ3v) is 3.82. The minimum absolute atomic E-state index is 0. The minimum atomic E-state index is -0.441. The summed E-state index contributed by atoms with van der Waals surface area (Å²) in [6, 6.07) is 5.89. The van der Waals surface area contributed by atoms with Crippen LogP contribution in [-0.2, 0) is 11.3 Å². The molecule has 1 aliphatic carbocycles. The molecule has 1 saturated carbocycles. The highest BCUT2D eigenvalue weighted by Crippen LogP contribution is 2.30. The largest absolute Gasteiger partial charge is 0.337 e. The molecule has 0 unspecified atom stereocenters. The molecule has 22 heavy (non-hydrogen) atoms. The topological polar surface area (TPSA) is 46.3 Å². The Hall–Kier alpha value is -1.13. The van der Waals surface area contributed by atoms with Crippen molar-refractivity contribution >= 4 is 18.3 Å². The number of hydrogen-bond donors (Lipinski definition) is 1. The zero-order valence-electron chi connectivity index (χ0n) is 13.3. The van der Waals surface area contributed by atoms with Gasteiger partial charge in [0, 0.05) is 13.1 Å². The lowest BCUT2D eigenvalue weighted by atomic mass is 10.0. The van der Waals surface area contributed by atoms with Crippen LogP contribution in [0, 0.1) is 17.7 Å². The van der Waals surface area contributed by atoms with E-state index in [9.17, 15) is 9.18 Å². The van der Waals surface area contributed by atoms with Crippen LogP contribution in [0.15, 0.2) is 24.3 Å². The first kappa shape index (κ1) is 18.9. The number of nitrogens with zero attached hydrogens (tertiary/aromatic N) is 1. The molecule has 124 valence electrons. The van der Waals surface area contributed by atoms with Gasteiger partial charge in [-0.3, -0.25) is 4.79 Å². The zero-order chi connectivity index (χ0) is 15.4. The van der Waals surface area contributed by atoms with E-state index in [1.54, 1.807) is 12.1 Å². The molecule has 2 N–H and O–H groups in total. The Kier molecular flexibility index (Phi) is 7.30. The Bertz CT molecular complexity index is 474. The highest BCUT2D eigenvalue weighted by Gasteiger charge is 2.29. The third-order valence-electron chi connectivity index (χ3n) is 3.82. The number of rotatable bonds is 7. The molecule has 0 saturated heterocycles. The molecule has 1 atom stereocenters. The number of amides is 1. The quantitative estimate of drug-likeness (QED) is 0.834. The van der Waals surface area contributed by atoms with Gasteiger partial charge in [-0.15, -0.1) is 12.4 Å². The maximum Gasteiger partial charge on any atom is 0.239 e. The van der Waals surface area contributed by atoms with Crippen LogP contribution in [0.3, 0.4) is 0 Å². The minimum Gasteiger partial charge on any atom is -0.337 e. The van der Waals surface area contributed by atoms with Crippen molar-refractivity contribution in [3.8, 4) is 0 Å². The Balaban J connectivity index is 0.00000242. The molecule has 1 aliphatic rings. The molecule has 1 amide bonds. The van der Waals surface area contributed by atoms with E-state index in [1.165, 1.54) is 25.0 Å². The van der Waals surface area contributed by atoms with Gasteiger partial charge in [-0.05, 0) is 48.8 Å². The maximum atomic E-state index is 13.0. The molecule has 1 fully saturated rings. The van der Waals surface area contributed by atoms with Gasteiger partial charge in [0.15, 0.2) is 0 Å². The highest BCUT2D eigenvalue weighted by molar-refractivity contribution is 5.85. The number of nitrogens with two attached hydrogens (primary N) is 1. The van der Waals surface area contributed by atoms with Crippen LogP contribution in [0.5, 0.6) is 0 Å². The Labute approximate surface area is 138 Å². The summed E-state index contributed by atoms with van der Waals surface area (Å²) >= 11 is 0. The number of benzene rings is 1. The standard InChI is InChI=1S/C17H25FN2O.ClH/c1-12(2)9-16(19)17(21)20(10-13-3-4-13)11-14-5-7-15(18)8-6-14;/h5-8,12-13,16H,3-4,9-11,19H2,1-2H3;1H/t16-;/m0./s1. The van der Waals surface area contributed by atoms with Crippen LogP contribution >= 0.6 is 12.4 Å². The van der Waals surface area contributed by atoms with Crippen LogP contribution < -0.4 is 5.73 Å². The van der Waals surface area contributed by atoms with Gasteiger partial charge in [-0.1, -0.05) is 26.0 Å². The summed E-state index contributed by atoms with van der Waals surface area (Å²) in [6.07, 6.45) is 3.07. The Morgan fingerprint density at radius 3 is 2.41 bits per heavy atom. The second-order valence-electron chi connectivity index (χ2n) is 6.52. The number of carbonyl (C=O) groups excluding carboxylic acids is 1. The second-order valence-corrected chi connectivity index (χ2v) is 6.52. The molecule has 3 nitrogen and oxygen atoms in total. The highest BCUT2D eigenvalue weighted by atomic mass is 35.5. The average Bonchev–Trinajstić information content (AvgIpc) is 3.23. The first-order valence-corrected chi connectivity index (χ1v) is 7.74. The molecule has 0 aromatic heterocycles. The number of carbonyl (C=O) groups is 1. The van der Waals surface area contributed by atoms with Crippen molar-refractivity contribution < 1.29 is 9.18 Å². The Morgan fingerprint density at radius 1 is 1.32 bits per heavy atom. The third kappa shape index (κ3) is 5.93. The number of halogens is 2. The molecule has 0 heterocycles. The van der Waals surface area contributed by atoms with Crippen molar-refractivity contribution in [1.82, 2.24) is 4.90 Å². The van der Waals surface area contributed by atoms with Crippen molar-refractivity contribution in [3.63, 3.8) is 0 Å². The van der Waals surface area contributed by atoms with E-state index in [1.807, 2.05) is 4.90 Å². The predicted octanol–water partition coefficient (Wildman–Crippen LogP) is 3.36. The van der Waals surface area contributed by atoms with Gasteiger partial charge in [-0.25, -0.2) is 4.39 Å². The molecular weight excluding hydrogens is 303 g/mol. The van der Waals surface area contributed by atoms with Crippen LogP contribution in [0.25, 0.3) is 0 Å². The molecule has 0 bridgehead atoms. The lowest BCUT2D eigenvalue weighted by Gasteiger charge is -2.26. The fourth-order valence-electron chi connectivity index (χ4n) is 2.50. The smallest absolute Gasteiger partial charge is 0.239 e. The normalized spacial score (nSPS) is 15.3. The van der Waals surface area contributed by atoms with E-state index in [2.05, 4.69) is 13.8 Å². The van der Waals surface area contributed by atoms with Gasteiger partial charge in [0.2, 0.25) is 5.91 Å². The Morgan fingerprint density at radius 2 is 1.91 bits per heavy atom. The number of hydrogen-bond acceptors (Lipinski definition) is 2. The molecule has 2 rings (SSSR count). The fourth-order valence-corrected chi connectivity index (χ4v) is 2.50. The van der Waals surface area contributed by atoms with E-state index in [-0.39, 0.29) is 24.1 Å². The second kappa shape index (κ2) is 8.49. The van der Waals surface area contributed by atoms with Gasteiger partial charge >= 0.3 is 0 Å². The van der Waals surface area contributed by atoms with Crippen LogP contribution in [0.2, 0.25) is 0 Å². The maximum absolute atomic E-state index is 13.0. The van der Waals surface area contributed by atoms with Crippen LogP contribution in [-0.4, -0.2) is 23.4 Å². The van der Waals surface area contributed by atoms with Gasteiger partial charge in [0.1, 0.15) is 5.82 Å². The molecule has 0 radical (unpaired) electrons. The summed E-state index contributed by atoms with van der Waals surface area (Å²) in [5.74, 6) is 0.772. The van der Waals surface area contributed by atoms with E-state index < -0.39 is 6.04 Å². The van der Waals surface area contributed by atoms with Gasteiger partial charge in [0.25, 0.3) is 0 Å². The van der Waals surface area contributed by atoms with E-state index in [4.69, 9.17) is 5.73 Å². The summed E-state index contributed by atoms with van der Waals surface area (Å²) in [5, 5.41) is 0. The molecule has 0 spiro atoms. The van der Waals surface area contributed by atoms with Crippen molar-refractivity contribution in [3.05, 3.63) is 35.6 Å². The van der Waals surface area contributed by atoms with Crippen molar-refractivity contribution in [2.75, 3.05) is 6.54 Å². The predicted molar refractivity (Wildman–Crippen MR) is 89.2 cm³/mol.